The van der Waals surface area contributed by atoms with Crippen LogP contribution in [0.15, 0.2) is 36.9 Å². The van der Waals surface area contributed by atoms with Gasteiger partial charge in [0.1, 0.15) is 17.5 Å². The third kappa shape index (κ3) is 3.57. The van der Waals surface area contributed by atoms with Crippen LogP contribution >= 0.6 is 0 Å². The Hall–Kier alpha value is -3.59. The van der Waals surface area contributed by atoms with Gasteiger partial charge in [0.05, 0.1) is 31.3 Å². The van der Waals surface area contributed by atoms with Gasteiger partial charge in [-0.1, -0.05) is 18.2 Å². The van der Waals surface area contributed by atoms with Crippen molar-refractivity contribution in [3.8, 4) is 0 Å². The summed E-state index contributed by atoms with van der Waals surface area (Å²) in [7, 11) is 0. The average Bonchev–Trinajstić information content (AvgIpc) is 3.28. The van der Waals surface area contributed by atoms with Gasteiger partial charge in [0.2, 0.25) is 0 Å². The molecule has 31 heavy (non-hydrogen) atoms. The lowest BCUT2D eigenvalue weighted by atomic mass is 10.0. The molecule has 1 atom stereocenters. The van der Waals surface area contributed by atoms with Crippen molar-refractivity contribution in [1.29, 1.82) is 0 Å². The molecule has 4 heterocycles. The number of H-pyrrole nitrogens is 1. The molecular weight excluding hydrogens is 394 g/mol. The molecule has 1 saturated heterocycles. The van der Waals surface area contributed by atoms with Gasteiger partial charge in [0.25, 0.3) is 5.91 Å². The summed E-state index contributed by atoms with van der Waals surface area (Å²) in [5.74, 6) is 0.580. The highest BCUT2D eigenvalue weighted by Gasteiger charge is 2.24. The molecule has 1 fully saturated rings. The molecule has 0 spiro atoms. The molecule has 3 aromatic heterocycles. The summed E-state index contributed by atoms with van der Waals surface area (Å²) in [6.45, 7) is 6.26. The van der Waals surface area contributed by atoms with E-state index >= 15 is 0 Å². The molecular formula is C22H23N7O2. The molecule has 9 nitrogen and oxygen atoms in total. The number of rotatable bonds is 4. The number of carbonyl (C=O) groups excluding carboxylic acids is 1. The van der Waals surface area contributed by atoms with Crippen molar-refractivity contribution in [1.82, 2.24) is 29.8 Å². The number of benzene rings is 1. The van der Waals surface area contributed by atoms with Crippen LogP contribution in [0.4, 0.5) is 5.82 Å². The first-order chi connectivity index (χ1) is 15.1. The van der Waals surface area contributed by atoms with Crippen LogP contribution in [0.3, 0.4) is 0 Å². The molecule has 1 aromatic carbocycles. The van der Waals surface area contributed by atoms with Crippen LogP contribution in [-0.4, -0.2) is 62.0 Å². The van der Waals surface area contributed by atoms with E-state index in [1.165, 1.54) is 6.33 Å². The molecule has 1 amide bonds. The van der Waals surface area contributed by atoms with Gasteiger partial charge in [-0.2, -0.15) is 0 Å². The van der Waals surface area contributed by atoms with Gasteiger partial charge in [-0.05, 0) is 30.9 Å². The second-order valence-electron chi connectivity index (χ2n) is 7.66. The zero-order valence-electron chi connectivity index (χ0n) is 17.4. The first-order valence-electron chi connectivity index (χ1n) is 10.3. The van der Waals surface area contributed by atoms with Crippen molar-refractivity contribution >= 4 is 33.7 Å². The van der Waals surface area contributed by atoms with Gasteiger partial charge >= 0.3 is 0 Å². The van der Waals surface area contributed by atoms with Crippen molar-refractivity contribution < 1.29 is 9.53 Å². The smallest absolute Gasteiger partial charge is 0.273 e. The van der Waals surface area contributed by atoms with Crippen molar-refractivity contribution in [3.05, 3.63) is 53.9 Å². The van der Waals surface area contributed by atoms with Gasteiger partial charge in [-0.15, -0.1) is 0 Å². The van der Waals surface area contributed by atoms with Crippen molar-refractivity contribution in [3.63, 3.8) is 0 Å². The Labute approximate surface area is 178 Å². The van der Waals surface area contributed by atoms with E-state index in [4.69, 9.17) is 9.72 Å². The van der Waals surface area contributed by atoms with Gasteiger partial charge in [-0.25, -0.2) is 19.9 Å². The van der Waals surface area contributed by atoms with E-state index in [0.29, 0.717) is 43.5 Å². The lowest BCUT2D eigenvalue weighted by molar-refractivity contribution is 0.0300. The maximum atomic E-state index is 13.4. The zero-order valence-corrected chi connectivity index (χ0v) is 17.4. The van der Waals surface area contributed by atoms with E-state index in [1.807, 2.05) is 43.0 Å². The Morgan fingerprint density at radius 3 is 2.90 bits per heavy atom. The number of carbonyl (C=O) groups is 1. The lowest BCUT2D eigenvalue weighted by Gasteiger charge is -2.27. The number of hydrogen-bond donors (Lipinski definition) is 2. The van der Waals surface area contributed by atoms with Gasteiger partial charge < -0.3 is 19.9 Å². The van der Waals surface area contributed by atoms with Crippen LogP contribution in [0.2, 0.25) is 0 Å². The summed E-state index contributed by atoms with van der Waals surface area (Å²) in [6.07, 6.45) is 3.06. The van der Waals surface area contributed by atoms with Gasteiger partial charge in [0, 0.05) is 18.5 Å². The van der Waals surface area contributed by atoms with Crippen LogP contribution in [0.5, 0.6) is 0 Å². The number of hydrogen-bond acceptors (Lipinski definition) is 7. The number of pyridine rings is 1. The highest BCUT2D eigenvalue weighted by Crippen LogP contribution is 2.28. The Bertz CT molecular complexity index is 1260. The number of aromatic nitrogens is 5. The molecule has 2 N–H and O–H groups in total. The monoisotopic (exact) mass is 417 g/mol. The molecule has 5 rings (SSSR count). The Balaban J connectivity index is 1.55. The first-order valence-corrected chi connectivity index (χ1v) is 10.3. The Kier molecular flexibility index (Phi) is 4.95. The standard InChI is InChI=1S/C22H23N7O2/c1-13-4-3-5-15-10-16(14(2)27-21-19-20(24-11-23-19)25-12-26-21)28-18(17(13)15)22(30)29-6-8-31-9-7-29/h3-5,10-12,14H,6-9H2,1-2H3,(H2,23,24,25,26,27). The minimum atomic E-state index is -0.192. The summed E-state index contributed by atoms with van der Waals surface area (Å²) in [5, 5.41) is 5.27. The molecule has 0 bridgehead atoms. The van der Waals surface area contributed by atoms with Crippen molar-refractivity contribution in [2.45, 2.75) is 19.9 Å². The number of aryl methyl sites for hydroxylation is 1. The van der Waals surface area contributed by atoms with E-state index < -0.39 is 0 Å². The maximum absolute atomic E-state index is 13.4. The third-order valence-electron chi connectivity index (χ3n) is 5.61. The highest BCUT2D eigenvalue weighted by molar-refractivity contribution is 6.06. The number of morpholine rings is 1. The zero-order chi connectivity index (χ0) is 21.4. The van der Waals surface area contributed by atoms with Crippen LogP contribution in [0.25, 0.3) is 21.9 Å². The van der Waals surface area contributed by atoms with Crippen molar-refractivity contribution in [2.24, 2.45) is 0 Å². The fourth-order valence-corrected chi connectivity index (χ4v) is 3.96. The van der Waals surface area contributed by atoms with Crippen LogP contribution < -0.4 is 5.32 Å². The van der Waals surface area contributed by atoms with E-state index in [2.05, 4.69) is 25.3 Å². The second-order valence-corrected chi connectivity index (χ2v) is 7.66. The van der Waals surface area contributed by atoms with Crippen LogP contribution in [0.1, 0.15) is 34.7 Å². The predicted octanol–water partition coefficient (Wildman–Crippen LogP) is 2.86. The fourth-order valence-electron chi connectivity index (χ4n) is 3.96. The molecule has 0 radical (unpaired) electrons. The minimum absolute atomic E-state index is 0.0605. The number of amides is 1. The Morgan fingerprint density at radius 2 is 2.06 bits per heavy atom. The third-order valence-corrected chi connectivity index (χ3v) is 5.61. The second kappa shape index (κ2) is 7.92. The van der Waals surface area contributed by atoms with E-state index in [-0.39, 0.29) is 11.9 Å². The van der Waals surface area contributed by atoms with Crippen molar-refractivity contribution in [2.75, 3.05) is 31.6 Å². The SMILES string of the molecule is Cc1cccc2cc(C(C)Nc3ncnc4nc[nH]c34)nc(C(=O)N3CCOCC3)c12. The molecule has 158 valence electrons. The molecule has 0 aliphatic carbocycles. The molecule has 9 heteroatoms. The predicted molar refractivity (Wildman–Crippen MR) is 117 cm³/mol. The topological polar surface area (TPSA) is 109 Å². The van der Waals surface area contributed by atoms with E-state index in [0.717, 1.165) is 27.5 Å². The molecule has 1 aliphatic rings. The number of ether oxygens (including phenoxy) is 1. The number of imidazole rings is 1. The van der Waals surface area contributed by atoms with Gasteiger partial charge in [-0.3, -0.25) is 4.79 Å². The average molecular weight is 417 g/mol. The number of anilines is 1. The summed E-state index contributed by atoms with van der Waals surface area (Å²) in [5.41, 5.74) is 3.60. The summed E-state index contributed by atoms with van der Waals surface area (Å²) in [4.78, 5) is 35.8. The first kappa shape index (κ1) is 19.4. The molecule has 0 saturated carbocycles. The quantitative estimate of drug-likeness (QED) is 0.525. The Morgan fingerprint density at radius 1 is 1.23 bits per heavy atom. The highest BCUT2D eigenvalue weighted by atomic mass is 16.5. The molecule has 1 aliphatic heterocycles. The van der Waals surface area contributed by atoms with Gasteiger partial charge in [0.15, 0.2) is 11.5 Å². The summed E-state index contributed by atoms with van der Waals surface area (Å²) in [6, 6.07) is 7.87. The number of nitrogens with one attached hydrogen (secondary N) is 2. The lowest BCUT2D eigenvalue weighted by Crippen LogP contribution is -2.41. The number of fused-ring (bicyclic) bond motifs is 2. The largest absolute Gasteiger partial charge is 0.378 e. The van der Waals surface area contributed by atoms with Crippen LogP contribution in [0, 0.1) is 6.92 Å². The minimum Gasteiger partial charge on any atom is -0.378 e. The van der Waals surface area contributed by atoms with Crippen LogP contribution in [-0.2, 0) is 4.74 Å². The fraction of sp³-hybridized carbons (Fsp3) is 0.318. The normalized spacial score (nSPS) is 15.4. The van der Waals surface area contributed by atoms with E-state index in [1.54, 1.807) is 6.33 Å². The number of aromatic amines is 1. The maximum Gasteiger partial charge on any atom is 0.273 e. The molecule has 1 unspecified atom stereocenters. The molecule has 4 aromatic rings. The summed E-state index contributed by atoms with van der Waals surface area (Å²) < 4.78 is 5.41. The summed E-state index contributed by atoms with van der Waals surface area (Å²) >= 11 is 0. The van der Waals surface area contributed by atoms with E-state index in [9.17, 15) is 4.79 Å². The number of nitrogens with zero attached hydrogens (tertiary/aromatic N) is 5.